The summed E-state index contributed by atoms with van der Waals surface area (Å²) < 4.78 is 0. The van der Waals surface area contributed by atoms with Crippen LogP contribution in [0.3, 0.4) is 0 Å². The Morgan fingerprint density at radius 1 is 1.26 bits per heavy atom. The summed E-state index contributed by atoms with van der Waals surface area (Å²) in [6, 6.07) is 4.22. The molecule has 130 valence electrons. The molecule has 1 aliphatic rings. The maximum atomic E-state index is 4.31. The molecule has 1 aliphatic heterocycles. The summed E-state index contributed by atoms with van der Waals surface area (Å²) in [4.78, 5) is 10.7. The molecule has 6 heteroatoms. The average molecular weight is 338 g/mol. The number of nitrogens with one attached hydrogen (secondary N) is 2. The number of hydrogen-bond acceptors (Lipinski definition) is 4. The van der Waals surface area contributed by atoms with Crippen molar-refractivity contribution >= 4 is 17.3 Å². The first kappa shape index (κ1) is 18.2. The van der Waals surface area contributed by atoms with Gasteiger partial charge in [-0.25, -0.2) is 0 Å². The minimum absolute atomic E-state index is 0.614. The quantitative estimate of drug-likeness (QED) is 0.587. The van der Waals surface area contributed by atoms with Crippen molar-refractivity contribution in [1.82, 2.24) is 20.4 Å². The summed E-state index contributed by atoms with van der Waals surface area (Å²) in [6.07, 6.45) is 0. The fourth-order valence-corrected chi connectivity index (χ4v) is 3.51. The normalized spacial score (nSPS) is 18.8. The highest BCUT2D eigenvalue weighted by atomic mass is 32.1. The summed E-state index contributed by atoms with van der Waals surface area (Å²) in [5, 5.41) is 8.93. The predicted molar refractivity (Wildman–Crippen MR) is 100 cm³/mol. The minimum Gasteiger partial charge on any atom is -0.356 e. The van der Waals surface area contributed by atoms with E-state index in [2.05, 4.69) is 56.8 Å². The highest BCUT2D eigenvalue weighted by molar-refractivity contribution is 7.09. The highest BCUT2D eigenvalue weighted by Gasteiger charge is 2.17. The number of rotatable bonds is 7. The summed E-state index contributed by atoms with van der Waals surface area (Å²) in [6.45, 7) is 13.5. The molecule has 0 aliphatic carbocycles. The lowest BCUT2D eigenvalue weighted by atomic mass is 10.1. The molecule has 0 spiro atoms. The SMILES string of the molecule is CCN1CCN(CC(C)CNC(=NC)NCc2cccs2)CC1. The topological polar surface area (TPSA) is 42.9 Å². The van der Waals surface area contributed by atoms with E-state index in [0.29, 0.717) is 5.92 Å². The monoisotopic (exact) mass is 337 g/mol. The Labute approximate surface area is 144 Å². The molecule has 0 saturated carbocycles. The molecule has 2 heterocycles. The molecule has 5 nitrogen and oxygen atoms in total. The van der Waals surface area contributed by atoms with Crippen LogP contribution < -0.4 is 10.6 Å². The molecule has 23 heavy (non-hydrogen) atoms. The molecule has 1 atom stereocenters. The predicted octanol–water partition coefficient (Wildman–Crippen LogP) is 1.69. The van der Waals surface area contributed by atoms with E-state index < -0.39 is 0 Å². The van der Waals surface area contributed by atoms with Crippen molar-refractivity contribution in [3.05, 3.63) is 22.4 Å². The fraction of sp³-hybridized carbons (Fsp3) is 0.706. The first-order valence-corrected chi connectivity index (χ1v) is 9.50. The maximum absolute atomic E-state index is 4.31. The van der Waals surface area contributed by atoms with Gasteiger partial charge in [-0.3, -0.25) is 4.99 Å². The van der Waals surface area contributed by atoms with Gasteiger partial charge in [-0.05, 0) is 23.9 Å². The lowest BCUT2D eigenvalue weighted by molar-refractivity contribution is 0.124. The van der Waals surface area contributed by atoms with Gasteiger partial charge >= 0.3 is 0 Å². The molecular formula is C17H31N5S. The Hall–Kier alpha value is -1.11. The Balaban J connectivity index is 1.63. The lowest BCUT2D eigenvalue weighted by Crippen LogP contribution is -2.48. The van der Waals surface area contributed by atoms with E-state index in [0.717, 1.165) is 25.6 Å². The molecule has 2 N–H and O–H groups in total. The van der Waals surface area contributed by atoms with Crippen LogP contribution in [-0.2, 0) is 6.54 Å². The molecule has 0 bridgehead atoms. The third-order valence-corrected chi connectivity index (χ3v) is 5.21. The van der Waals surface area contributed by atoms with Crippen LogP contribution in [0.1, 0.15) is 18.7 Å². The van der Waals surface area contributed by atoms with Crippen molar-refractivity contribution < 1.29 is 0 Å². The molecule has 1 aromatic rings. The Morgan fingerprint density at radius 3 is 2.61 bits per heavy atom. The van der Waals surface area contributed by atoms with E-state index in [1.165, 1.54) is 37.6 Å². The molecule has 1 unspecified atom stereocenters. The van der Waals surface area contributed by atoms with Gasteiger partial charge < -0.3 is 20.4 Å². The average Bonchev–Trinajstić information content (AvgIpc) is 3.09. The lowest BCUT2D eigenvalue weighted by Gasteiger charge is -2.35. The van der Waals surface area contributed by atoms with E-state index in [1.54, 1.807) is 11.3 Å². The third-order valence-electron chi connectivity index (χ3n) is 4.33. The van der Waals surface area contributed by atoms with Crippen molar-refractivity contribution in [2.45, 2.75) is 20.4 Å². The number of guanidine groups is 1. The maximum Gasteiger partial charge on any atom is 0.191 e. The molecule has 0 amide bonds. The first-order chi connectivity index (χ1) is 11.2. The van der Waals surface area contributed by atoms with Gasteiger partial charge in [0.15, 0.2) is 5.96 Å². The van der Waals surface area contributed by atoms with Gasteiger partial charge in [0.25, 0.3) is 0 Å². The number of aliphatic imine (C=N–C) groups is 1. The zero-order valence-electron chi connectivity index (χ0n) is 14.7. The number of hydrogen-bond donors (Lipinski definition) is 2. The molecule has 1 aromatic heterocycles. The Kier molecular flexibility index (Phi) is 7.85. The molecule has 0 aromatic carbocycles. The fourth-order valence-electron chi connectivity index (χ4n) is 2.87. The van der Waals surface area contributed by atoms with Gasteiger partial charge in [-0.15, -0.1) is 11.3 Å². The van der Waals surface area contributed by atoms with Crippen molar-refractivity contribution in [2.24, 2.45) is 10.9 Å². The van der Waals surface area contributed by atoms with Crippen molar-refractivity contribution in [3.63, 3.8) is 0 Å². The molecule has 1 fully saturated rings. The van der Waals surface area contributed by atoms with Gasteiger partial charge in [-0.2, -0.15) is 0 Å². The first-order valence-electron chi connectivity index (χ1n) is 8.62. The van der Waals surface area contributed by atoms with Gasteiger partial charge in [0, 0.05) is 51.2 Å². The summed E-state index contributed by atoms with van der Waals surface area (Å²) in [5.74, 6) is 1.50. The zero-order valence-corrected chi connectivity index (χ0v) is 15.5. The van der Waals surface area contributed by atoms with Crippen molar-refractivity contribution in [2.75, 3.05) is 52.9 Å². The largest absolute Gasteiger partial charge is 0.356 e. The Morgan fingerprint density at radius 2 is 2.00 bits per heavy atom. The van der Waals surface area contributed by atoms with Gasteiger partial charge in [-0.1, -0.05) is 19.9 Å². The van der Waals surface area contributed by atoms with Crippen LogP contribution in [0.5, 0.6) is 0 Å². The van der Waals surface area contributed by atoms with Crippen LogP contribution in [0.4, 0.5) is 0 Å². The van der Waals surface area contributed by atoms with Crippen molar-refractivity contribution in [3.8, 4) is 0 Å². The van der Waals surface area contributed by atoms with Crippen LogP contribution in [0, 0.1) is 5.92 Å². The molecule has 1 saturated heterocycles. The number of thiophene rings is 1. The van der Waals surface area contributed by atoms with Crippen LogP contribution in [0.2, 0.25) is 0 Å². The minimum atomic E-state index is 0.614. The number of nitrogens with zero attached hydrogens (tertiary/aromatic N) is 3. The van der Waals surface area contributed by atoms with E-state index in [9.17, 15) is 0 Å². The van der Waals surface area contributed by atoms with Crippen molar-refractivity contribution in [1.29, 1.82) is 0 Å². The van der Waals surface area contributed by atoms with Crippen LogP contribution in [-0.4, -0.2) is 68.6 Å². The smallest absolute Gasteiger partial charge is 0.191 e. The summed E-state index contributed by atoms with van der Waals surface area (Å²) in [7, 11) is 1.83. The number of likely N-dealkylation sites (N-methyl/N-ethyl adjacent to an activating group) is 1. The van der Waals surface area contributed by atoms with Gasteiger partial charge in [0.1, 0.15) is 0 Å². The Bertz CT molecular complexity index is 452. The zero-order chi connectivity index (χ0) is 16.5. The second kappa shape index (κ2) is 9.90. The van der Waals surface area contributed by atoms with Crippen LogP contribution in [0.25, 0.3) is 0 Å². The molecular weight excluding hydrogens is 306 g/mol. The second-order valence-corrected chi connectivity index (χ2v) is 7.26. The van der Waals surface area contributed by atoms with E-state index in [4.69, 9.17) is 0 Å². The standard InChI is InChI=1S/C17H31N5S/c1-4-21-7-9-22(10-8-21)14-15(2)12-19-17(18-3)20-13-16-6-5-11-23-16/h5-6,11,15H,4,7-10,12-14H2,1-3H3,(H2,18,19,20). The molecule has 2 rings (SSSR count). The summed E-state index contributed by atoms with van der Waals surface area (Å²) >= 11 is 1.77. The highest BCUT2D eigenvalue weighted by Crippen LogP contribution is 2.07. The van der Waals surface area contributed by atoms with Crippen LogP contribution >= 0.6 is 11.3 Å². The van der Waals surface area contributed by atoms with Crippen LogP contribution in [0.15, 0.2) is 22.5 Å². The third kappa shape index (κ3) is 6.49. The van der Waals surface area contributed by atoms with Gasteiger partial charge in [0.2, 0.25) is 0 Å². The summed E-state index contributed by atoms with van der Waals surface area (Å²) in [5.41, 5.74) is 0. The van der Waals surface area contributed by atoms with E-state index >= 15 is 0 Å². The van der Waals surface area contributed by atoms with E-state index in [1.807, 2.05) is 7.05 Å². The second-order valence-electron chi connectivity index (χ2n) is 6.23. The van der Waals surface area contributed by atoms with E-state index in [-0.39, 0.29) is 0 Å². The molecule has 0 radical (unpaired) electrons. The number of piperazine rings is 1. The van der Waals surface area contributed by atoms with Gasteiger partial charge in [0.05, 0.1) is 6.54 Å².